The lowest BCUT2D eigenvalue weighted by Gasteiger charge is -2.27. The number of nitrogens with zero attached hydrogens (tertiary/aromatic N) is 1. The van der Waals surface area contributed by atoms with Crippen molar-refractivity contribution in [2.75, 3.05) is 32.9 Å². The van der Waals surface area contributed by atoms with Gasteiger partial charge in [0.05, 0.1) is 11.1 Å². The fourth-order valence-corrected chi connectivity index (χ4v) is 3.43. The molecule has 0 aliphatic carbocycles. The van der Waals surface area contributed by atoms with Gasteiger partial charge in [-0.25, -0.2) is 0 Å². The molecule has 5 amide bonds. The number of rotatable bonds is 11. The summed E-state index contributed by atoms with van der Waals surface area (Å²) in [5.41, 5.74) is 5.60. The monoisotopic (exact) mass is 446 g/mol. The summed E-state index contributed by atoms with van der Waals surface area (Å²) in [7, 11) is 0. The molecule has 0 saturated carbocycles. The average molecular weight is 446 g/mol. The van der Waals surface area contributed by atoms with E-state index in [9.17, 15) is 24.0 Å². The second kappa shape index (κ2) is 10.8. The van der Waals surface area contributed by atoms with Crippen molar-refractivity contribution < 1.29 is 33.4 Å². The largest absolute Gasteiger partial charge is 0.484 e. The van der Waals surface area contributed by atoms with Gasteiger partial charge in [-0.3, -0.25) is 34.2 Å². The van der Waals surface area contributed by atoms with E-state index < -0.39 is 29.7 Å². The van der Waals surface area contributed by atoms with Gasteiger partial charge in [-0.05, 0) is 44.0 Å². The van der Waals surface area contributed by atoms with Crippen LogP contribution in [0.1, 0.15) is 46.4 Å². The lowest BCUT2D eigenvalue weighted by Crippen LogP contribution is -2.54. The molecule has 3 rings (SSSR count). The minimum Gasteiger partial charge on any atom is -0.484 e. The van der Waals surface area contributed by atoms with Crippen LogP contribution in [-0.4, -0.2) is 73.4 Å². The highest BCUT2D eigenvalue weighted by Gasteiger charge is 2.44. The standard InChI is InChI=1S/C21H26N4O7/c22-7-1-9-31-10-2-8-23-18(27)12-32-13-3-4-14-15(11-13)21(30)25(20(14)29)16-5-6-17(26)24-19(16)28/h3-4,11,16H,1-2,5-10,12,22H2,(H,23,27)(H,24,26,28). The average Bonchev–Trinajstić information content (AvgIpc) is 3.01. The van der Waals surface area contributed by atoms with Gasteiger partial charge in [-0.15, -0.1) is 0 Å². The lowest BCUT2D eigenvalue weighted by molar-refractivity contribution is -0.136. The molecule has 2 aliphatic rings. The highest BCUT2D eigenvalue weighted by molar-refractivity contribution is 6.23. The number of nitrogens with one attached hydrogen (secondary N) is 2. The van der Waals surface area contributed by atoms with Gasteiger partial charge in [-0.2, -0.15) is 0 Å². The van der Waals surface area contributed by atoms with E-state index >= 15 is 0 Å². The fourth-order valence-electron chi connectivity index (χ4n) is 3.43. The van der Waals surface area contributed by atoms with E-state index in [0.717, 1.165) is 11.3 Å². The van der Waals surface area contributed by atoms with Gasteiger partial charge in [-0.1, -0.05) is 0 Å². The molecule has 2 heterocycles. The molecule has 2 aliphatic heterocycles. The smallest absolute Gasteiger partial charge is 0.262 e. The van der Waals surface area contributed by atoms with Crippen molar-refractivity contribution in [1.29, 1.82) is 0 Å². The Labute approximate surface area is 184 Å². The Kier molecular flexibility index (Phi) is 7.90. The highest BCUT2D eigenvalue weighted by Crippen LogP contribution is 2.30. The Morgan fingerprint density at radius 3 is 2.62 bits per heavy atom. The SMILES string of the molecule is NCCCOCCCNC(=O)COc1ccc2c(c1)C(=O)N(C1CCC(=O)NC1=O)C2=O. The van der Waals surface area contributed by atoms with E-state index in [-0.39, 0.29) is 42.2 Å². The number of carbonyl (C=O) groups is 5. The Bertz CT molecular complexity index is 917. The Morgan fingerprint density at radius 2 is 1.88 bits per heavy atom. The van der Waals surface area contributed by atoms with Gasteiger partial charge >= 0.3 is 0 Å². The molecule has 1 atom stereocenters. The second-order valence-electron chi connectivity index (χ2n) is 7.40. The third-order valence-electron chi connectivity index (χ3n) is 5.06. The first kappa shape index (κ1) is 23.4. The topological polar surface area (TPSA) is 157 Å². The van der Waals surface area contributed by atoms with E-state index in [0.29, 0.717) is 32.7 Å². The number of nitrogens with two attached hydrogens (primary N) is 1. The molecule has 0 radical (unpaired) electrons. The van der Waals surface area contributed by atoms with Crippen molar-refractivity contribution in [2.45, 2.75) is 31.7 Å². The van der Waals surface area contributed by atoms with Gasteiger partial charge in [0.2, 0.25) is 11.8 Å². The summed E-state index contributed by atoms with van der Waals surface area (Å²) in [6.07, 6.45) is 1.58. The molecule has 1 saturated heterocycles. The summed E-state index contributed by atoms with van der Waals surface area (Å²) in [5, 5.41) is 4.85. The molecule has 0 aromatic heterocycles. The maximum atomic E-state index is 12.8. The molecule has 11 nitrogen and oxygen atoms in total. The van der Waals surface area contributed by atoms with Crippen LogP contribution in [0, 0.1) is 0 Å². The van der Waals surface area contributed by atoms with Crippen LogP contribution in [0.3, 0.4) is 0 Å². The van der Waals surface area contributed by atoms with Gasteiger partial charge in [0.1, 0.15) is 11.8 Å². The second-order valence-corrected chi connectivity index (χ2v) is 7.40. The molecule has 0 bridgehead atoms. The summed E-state index contributed by atoms with van der Waals surface area (Å²) in [5.74, 6) is -2.43. The number of fused-ring (bicyclic) bond motifs is 1. The molecule has 1 aromatic carbocycles. The van der Waals surface area contributed by atoms with Gasteiger partial charge < -0.3 is 20.5 Å². The van der Waals surface area contributed by atoms with Crippen LogP contribution >= 0.6 is 0 Å². The molecule has 4 N–H and O–H groups in total. The van der Waals surface area contributed by atoms with Gasteiger partial charge in [0, 0.05) is 26.2 Å². The molecule has 32 heavy (non-hydrogen) atoms. The van der Waals surface area contributed by atoms with Crippen LogP contribution in [-0.2, 0) is 19.1 Å². The molecular formula is C21H26N4O7. The van der Waals surface area contributed by atoms with Crippen LogP contribution < -0.4 is 21.1 Å². The van der Waals surface area contributed by atoms with Crippen molar-refractivity contribution in [3.8, 4) is 5.75 Å². The first-order valence-electron chi connectivity index (χ1n) is 10.5. The number of ether oxygens (including phenoxy) is 2. The fraction of sp³-hybridized carbons (Fsp3) is 0.476. The number of hydrogen-bond donors (Lipinski definition) is 3. The first-order chi connectivity index (χ1) is 15.4. The molecule has 0 spiro atoms. The quantitative estimate of drug-likeness (QED) is 0.299. The molecule has 172 valence electrons. The van der Waals surface area contributed by atoms with E-state index in [1.165, 1.54) is 18.2 Å². The Morgan fingerprint density at radius 1 is 1.12 bits per heavy atom. The van der Waals surface area contributed by atoms with Crippen LogP contribution in [0.5, 0.6) is 5.75 Å². The predicted molar refractivity (Wildman–Crippen MR) is 111 cm³/mol. The van der Waals surface area contributed by atoms with Crippen LogP contribution in [0.15, 0.2) is 18.2 Å². The minimum atomic E-state index is -1.03. The zero-order chi connectivity index (χ0) is 23.1. The highest BCUT2D eigenvalue weighted by atomic mass is 16.5. The van der Waals surface area contributed by atoms with E-state index in [2.05, 4.69) is 10.6 Å². The van der Waals surface area contributed by atoms with Gasteiger partial charge in [0.25, 0.3) is 17.7 Å². The molecular weight excluding hydrogens is 420 g/mol. The molecule has 1 unspecified atom stereocenters. The number of benzene rings is 1. The molecule has 1 aromatic rings. The maximum Gasteiger partial charge on any atom is 0.262 e. The molecule has 11 heteroatoms. The Balaban J connectivity index is 1.50. The number of hydrogen-bond acceptors (Lipinski definition) is 8. The number of imide groups is 2. The third-order valence-corrected chi connectivity index (χ3v) is 5.06. The lowest BCUT2D eigenvalue weighted by atomic mass is 10.0. The Hall–Kier alpha value is -3.31. The van der Waals surface area contributed by atoms with E-state index in [4.69, 9.17) is 15.2 Å². The van der Waals surface area contributed by atoms with Crippen molar-refractivity contribution in [3.63, 3.8) is 0 Å². The van der Waals surface area contributed by atoms with E-state index in [1.807, 2.05) is 0 Å². The number of piperidine rings is 1. The zero-order valence-corrected chi connectivity index (χ0v) is 17.6. The normalized spacial score (nSPS) is 17.9. The van der Waals surface area contributed by atoms with Crippen molar-refractivity contribution >= 4 is 29.5 Å². The van der Waals surface area contributed by atoms with E-state index in [1.54, 1.807) is 0 Å². The summed E-state index contributed by atoms with van der Waals surface area (Å²) in [6.45, 7) is 1.86. The van der Waals surface area contributed by atoms with Gasteiger partial charge in [0.15, 0.2) is 6.61 Å². The van der Waals surface area contributed by atoms with Crippen LogP contribution in [0.2, 0.25) is 0 Å². The summed E-state index contributed by atoms with van der Waals surface area (Å²) in [4.78, 5) is 61.7. The van der Waals surface area contributed by atoms with Crippen molar-refractivity contribution in [3.05, 3.63) is 29.3 Å². The van der Waals surface area contributed by atoms with Crippen LogP contribution in [0.25, 0.3) is 0 Å². The minimum absolute atomic E-state index is 0.0487. The third kappa shape index (κ3) is 5.48. The summed E-state index contributed by atoms with van der Waals surface area (Å²) in [6, 6.07) is 3.25. The number of amides is 5. The maximum absolute atomic E-state index is 12.8. The predicted octanol–water partition coefficient (Wildman–Crippen LogP) is -0.662. The summed E-state index contributed by atoms with van der Waals surface area (Å²) >= 11 is 0. The van der Waals surface area contributed by atoms with Crippen molar-refractivity contribution in [2.24, 2.45) is 5.73 Å². The zero-order valence-electron chi connectivity index (χ0n) is 17.6. The van der Waals surface area contributed by atoms with Crippen LogP contribution in [0.4, 0.5) is 0 Å². The van der Waals surface area contributed by atoms with Crippen molar-refractivity contribution in [1.82, 2.24) is 15.5 Å². The molecule has 1 fully saturated rings. The first-order valence-corrected chi connectivity index (χ1v) is 10.5. The number of carbonyl (C=O) groups excluding carboxylic acids is 5. The summed E-state index contributed by atoms with van der Waals surface area (Å²) < 4.78 is 10.8.